The lowest BCUT2D eigenvalue weighted by molar-refractivity contribution is -0.115. The number of nitrogens with zero attached hydrogens (tertiary/aromatic N) is 4. The smallest absolute Gasteiger partial charge is 0.277 e. The van der Waals surface area contributed by atoms with Gasteiger partial charge >= 0.3 is 0 Å². The largest absolute Gasteiger partial charge is 0.411 e. The van der Waals surface area contributed by atoms with Crippen LogP contribution in [0.1, 0.15) is 19.1 Å². The van der Waals surface area contributed by atoms with Gasteiger partial charge in [-0.25, -0.2) is 0 Å². The molecule has 1 N–H and O–H groups in total. The number of rotatable bonds is 6. The SMILES string of the molecule is CC[C@H](Sc1nnc(-c2ccncc2)o1)C(=O)Nc1cc(C)on1. The second kappa shape index (κ2) is 7.26. The minimum absolute atomic E-state index is 0.195. The van der Waals surface area contributed by atoms with E-state index in [1.807, 2.05) is 6.92 Å². The third-order valence-electron chi connectivity index (χ3n) is 3.12. The Bertz CT molecular complexity index is 817. The summed E-state index contributed by atoms with van der Waals surface area (Å²) in [5.74, 6) is 1.21. The van der Waals surface area contributed by atoms with Crippen LogP contribution in [0.2, 0.25) is 0 Å². The second-order valence-corrected chi connectivity index (χ2v) is 6.09. The van der Waals surface area contributed by atoms with Crippen molar-refractivity contribution in [1.82, 2.24) is 20.3 Å². The van der Waals surface area contributed by atoms with E-state index in [2.05, 4.69) is 25.7 Å². The van der Waals surface area contributed by atoms with Crippen molar-refractivity contribution in [2.24, 2.45) is 0 Å². The summed E-state index contributed by atoms with van der Waals surface area (Å²) in [6, 6.07) is 5.21. The highest BCUT2D eigenvalue weighted by Crippen LogP contribution is 2.28. The minimum atomic E-state index is -0.382. The zero-order valence-corrected chi connectivity index (χ0v) is 13.9. The van der Waals surface area contributed by atoms with E-state index in [1.165, 1.54) is 11.8 Å². The highest BCUT2D eigenvalue weighted by molar-refractivity contribution is 8.00. The quantitative estimate of drug-likeness (QED) is 0.680. The molecule has 0 aliphatic carbocycles. The van der Waals surface area contributed by atoms with E-state index < -0.39 is 0 Å². The molecule has 3 aromatic rings. The van der Waals surface area contributed by atoms with Crippen molar-refractivity contribution in [3.8, 4) is 11.5 Å². The molecule has 1 amide bonds. The number of anilines is 1. The van der Waals surface area contributed by atoms with Gasteiger partial charge in [-0.1, -0.05) is 23.8 Å². The van der Waals surface area contributed by atoms with Gasteiger partial charge in [-0.2, -0.15) is 0 Å². The second-order valence-electron chi connectivity index (χ2n) is 4.94. The summed E-state index contributed by atoms with van der Waals surface area (Å²) in [6.45, 7) is 3.67. The van der Waals surface area contributed by atoms with E-state index in [4.69, 9.17) is 8.94 Å². The topological polar surface area (TPSA) is 107 Å². The molecule has 0 aliphatic heterocycles. The van der Waals surface area contributed by atoms with Crippen LogP contribution in [0.3, 0.4) is 0 Å². The van der Waals surface area contributed by atoms with Gasteiger partial charge in [0.25, 0.3) is 5.22 Å². The average Bonchev–Trinajstić information content (AvgIpc) is 3.22. The van der Waals surface area contributed by atoms with Gasteiger partial charge in [0.05, 0.1) is 5.25 Å². The Morgan fingerprint density at radius 3 is 2.79 bits per heavy atom. The number of amides is 1. The minimum Gasteiger partial charge on any atom is -0.411 e. The van der Waals surface area contributed by atoms with Crippen molar-refractivity contribution >= 4 is 23.5 Å². The first kappa shape index (κ1) is 16.2. The maximum absolute atomic E-state index is 12.3. The summed E-state index contributed by atoms with van der Waals surface area (Å²) in [6.07, 6.45) is 3.89. The van der Waals surface area contributed by atoms with Crippen molar-refractivity contribution in [2.45, 2.75) is 30.7 Å². The van der Waals surface area contributed by atoms with Gasteiger partial charge in [0.15, 0.2) is 5.82 Å². The van der Waals surface area contributed by atoms with Gasteiger partial charge in [-0.15, -0.1) is 10.2 Å². The number of aryl methyl sites for hydroxylation is 1. The third kappa shape index (κ3) is 3.80. The van der Waals surface area contributed by atoms with Gasteiger partial charge < -0.3 is 14.3 Å². The van der Waals surface area contributed by atoms with Gasteiger partial charge in [-0.3, -0.25) is 9.78 Å². The normalized spacial score (nSPS) is 12.1. The van der Waals surface area contributed by atoms with Crippen molar-refractivity contribution in [3.05, 3.63) is 36.4 Å². The summed E-state index contributed by atoms with van der Waals surface area (Å²) in [5, 5.41) is 14.4. The molecule has 3 rings (SSSR count). The van der Waals surface area contributed by atoms with Crippen LogP contribution < -0.4 is 5.32 Å². The Morgan fingerprint density at radius 2 is 2.12 bits per heavy atom. The number of hydrogen-bond donors (Lipinski definition) is 1. The zero-order chi connectivity index (χ0) is 16.9. The number of carbonyl (C=O) groups is 1. The number of carbonyl (C=O) groups excluding carboxylic acids is 1. The van der Waals surface area contributed by atoms with Crippen LogP contribution in [0.15, 0.2) is 44.8 Å². The lowest BCUT2D eigenvalue weighted by Crippen LogP contribution is -2.24. The summed E-state index contributed by atoms with van der Waals surface area (Å²) in [7, 11) is 0. The highest BCUT2D eigenvalue weighted by atomic mass is 32.2. The molecule has 0 fully saturated rings. The predicted molar refractivity (Wildman–Crippen MR) is 87.3 cm³/mol. The summed E-state index contributed by atoms with van der Waals surface area (Å²) in [5.41, 5.74) is 0.778. The molecule has 0 bridgehead atoms. The van der Waals surface area contributed by atoms with Crippen LogP contribution >= 0.6 is 11.8 Å². The summed E-state index contributed by atoms with van der Waals surface area (Å²) < 4.78 is 10.5. The monoisotopic (exact) mass is 345 g/mol. The molecule has 0 saturated heterocycles. The van der Waals surface area contributed by atoms with Crippen LogP contribution in [0.5, 0.6) is 0 Å². The third-order valence-corrected chi connectivity index (χ3v) is 4.32. The van der Waals surface area contributed by atoms with E-state index in [-0.39, 0.29) is 11.2 Å². The van der Waals surface area contributed by atoms with Crippen molar-refractivity contribution in [1.29, 1.82) is 0 Å². The highest BCUT2D eigenvalue weighted by Gasteiger charge is 2.22. The summed E-state index contributed by atoms with van der Waals surface area (Å²) >= 11 is 1.21. The van der Waals surface area contributed by atoms with Crippen LogP contribution in [0, 0.1) is 6.92 Å². The number of nitrogens with one attached hydrogen (secondary N) is 1. The molecule has 24 heavy (non-hydrogen) atoms. The number of pyridine rings is 1. The van der Waals surface area contributed by atoms with Crippen LogP contribution in [-0.4, -0.2) is 31.5 Å². The molecule has 0 aliphatic rings. The van der Waals surface area contributed by atoms with Gasteiger partial charge in [-0.05, 0) is 25.5 Å². The number of aromatic nitrogens is 4. The van der Waals surface area contributed by atoms with Crippen molar-refractivity contribution in [2.75, 3.05) is 5.32 Å². The Balaban J connectivity index is 1.67. The molecular formula is C15H15N5O3S. The molecular weight excluding hydrogens is 330 g/mol. The Morgan fingerprint density at radius 1 is 1.33 bits per heavy atom. The van der Waals surface area contributed by atoms with Crippen molar-refractivity contribution < 1.29 is 13.7 Å². The zero-order valence-electron chi connectivity index (χ0n) is 13.1. The molecule has 0 saturated carbocycles. The van der Waals surface area contributed by atoms with Gasteiger partial charge in [0.1, 0.15) is 5.76 Å². The predicted octanol–water partition coefficient (Wildman–Crippen LogP) is 2.94. The molecule has 1 atom stereocenters. The first-order valence-electron chi connectivity index (χ1n) is 7.30. The van der Waals surface area contributed by atoms with E-state index in [0.29, 0.717) is 29.1 Å². The molecule has 3 aromatic heterocycles. The van der Waals surface area contributed by atoms with E-state index in [0.717, 1.165) is 5.56 Å². The lowest BCUT2D eigenvalue weighted by Gasteiger charge is -2.10. The van der Waals surface area contributed by atoms with Crippen LogP contribution in [0.25, 0.3) is 11.5 Å². The maximum Gasteiger partial charge on any atom is 0.277 e. The standard InChI is InChI=1S/C15H15N5O3S/c1-3-11(13(21)17-12-8-9(2)23-20-12)24-15-19-18-14(22-15)10-4-6-16-7-5-10/h4-8,11H,3H2,1-2H3,(H,17,20,21)/t11-/m0/s1. The van der Waals surface area contributed by atoms with Crippen LogP contribution in [-0.2, 0) is 4.79 Å². The molecule has 0 spiro atoms. The van der Waals surface area contributed by atoms with E-state index in [9.17, 15) is 4.79 Å². The van der Waals surface area contributed by atoms with E-state index in [1.54, 1.807) is 37.5 Å². The first-order valence-corrected chi connectivity index (χ1v) is 8.18. The Hall–Kier alpha value is -2.68. The first-order chi connectivity index (χ1) is 11.7. The fourth-order valence-electron chi connectivity index (χ4n) is 1.94. The average molecular weight is 345 g/mol. The van der Waals surface area contributed by atoms with Gasteiger partial charge in [0, 0.05) is 24.0 Å². The number of hydrogen-bond acceptors (Lipinski definition) is 8. The fraction of sp³-hybridized carbons (Fsp3) is 0.267. The molecule has 3 heterocycles. The Labute approximate surface area is 142 Å². The molecule has 8 nitrogen and oxygen atoms in total. The van der Waals surface area contributed by atoms with Crippen molar-refractivity contribution in [3.63, 3.8) is 0 Å². The molecule has 0 radical (unpaired) electrons. The molecule has 9 heteroatoms. The van der Waals surface area contributed by atoms with Gasteiger partial charge in [0.2, 0.25) is 11.8 Å². The number of thioether (sulfide) groups is 1. The fourth-order valence-corrected chi connectivity index (χ4v) is 2.74. The molecule has 0 unspecified atom stereocenters. The molecule has 0 aromatic carbocycles. The lowest BCUT2D eigenvalue weighted by atomic mass is 10.3. The maximum atomic E-state index is 12.3. The van der Waals surface area contributed by atoms with E-state index >= 15 is 0 Å². The molecule has 124 valence electrons. The van der Waals surface area contributed by atoms with Crippen LogP contribution in [0.4, 0.5) is 5.82 Å². The Kier molecular flexibility index (Phi) is 4.90. The summed E-state index contributed by atoms with van der Waals surface area (Å²) in [4.78, 5) is 16.3.